The maximum absolute atomic E-state index is 11.1. The number of carbonyl (C=O) groups excluding carboxylic acids is 1. The van der Waals surface area contributed by atoms with Gasteiger partial charge in [0.25, 0.3) is 5.91 Å². The highest BCUT2D eigenvalue weighted by atomic mass is 16.1. The van der Waals surface area contributed by atoms with Gasteiger partial charge in [-0.3, -0.25) is 4.79 Å². The van der Waals surface area contributed by atoms with Crippen molar-refractivity contribution in [2.45, 2.75) is 19.8 Å². The Bertz CT molecular complexity index is 424. The number of hydrogen-bond donors (Lipinski definition) is 2. The van der Waals surface area contributed by atoms with Crippen molar-refractivity contribution in [2.24, 2.45) is 5.73 Å². The van der Waals surface area contributed by atoms with Crippen LogP contribution in [0.2, 0.25) is 0 Å². The van der Waals surface area contributed by atoms with E-state index in [4.69, 9.17) is 11.0 Å². The quantitative estimate of drug-likeness (QED) is 0.708. The number of nitrogens with two attached hydrogens (primary N) is 1. The highest BCUT2D eigenvalue weighted by Gasteiger charge is 2.11. The Kier molecular flexibility index (Phi) is 4.21. The molecule has 1 amide bonds. The van der Waals surface area contributed by atoms with Gasteiger partial charge in [0.1, 0.15) is 6.07 Å². The third kappa shape index (κ3) is 2.92. The Morgan fingerprint density at radius 2 is 2.44 bits per heavy atom. The van der Waals surface area contributed by atoms with Gasteiger partial charge in [-0.2, -0.15) is 5.26 Å². The van der Waals surface area contributed by atoms with Crippen molar-refractivity contribution >= 4 is 11.7 Å². The predicted molar refractivity (Wildman–Crippen MR) is 58.7 cm³/mol. The molecule has 0 spiro atoms. The third-order valence-corrected chi connectivity index (χ3v) is 1.94. The largest absolute Gasteiger partial charge is 0.368 e. The molecule has 3 N–H and O–H groups in total. The summed E-state index contributed by atoms with van der Waals surface area (Å²) in [6.07, 6.45) is 3.19. The predicted octanol–water partition coefficient (Wildman–Crippen LogP) is 0.659. The number of rotatable bonds is 5. The lowest BCUT2D eigenvalue weighted by atomic mass is 10.3. The van der Waals surface area contributed by atoms with E-state index in [0.29, 0.717) is 6.54 Å². The summed E-state index contributed by atoms with van der Waals surface area (Å²) in [5.74, 6) is -0.379. The van der Waals surface area contributed by atoms with E-state index in [0.717, 1.165) is 12.8 Å². The summed E-state index contributed by atoms with van der Waals surface area (Å²) in [6, 6.07) is 1.86. The molecule has 84 valence electrons. The Morgan fingerprint density at radius 3 is 3.00 bits per heavy atom. The molecule has 0 fully saturated rings. The number of nitrogens with zero attached hydrogens (tertiary/aromatic N) is 3. The van der Waals surface area contributed by atoms with E-state index in [1.807, 2.05) is 13.0 Å². The molecule has 0 aliphatic rings. The monoisotopic (exact) mass is 219 g/mol. The summed E-state index contributed by atoms with van der Waals surface area (Å²) < 4.78 is 0. The van der Waals surface area contributed by atoms with Crippen LogP contribution < -0.4 is 11.1 Å². The fourth-order valence-electron chi connectivity index (χ4n) is 1.13. The van der Waals surface area contributed by atoms with Crippen molar-refractivity contribution in [3.8, 4) is 6.07 Å². The number of hydrogen-bond acceptors (Lipinski definition) is 5. The summed E-state index contributed by atoms with van der Waals surface area (Å²) in [4.78, 5) is 18.8. The van der Waals surface area contributed by atoms with Crippen molar-refractivity contribution in [1.82, 2.24) is 9.97 Å². The first-order valence-corrected chi connectivity index (χ1v) is 4.99. The van der Waals surface area contributed by atoms with Crippen LogP contribution in [-0.4, -0.2) is 22.4 Å². The molecule has 6 nitrogen and oxygen atoms in total. The molecule has 1 aromatic rings. The summed E-state index contributed by atoms with van der Waals surface area (Å²) >= 11 is 0. The fraction of sp³-hybridized carbons (Fsp3) is 0.400. The van der Waals surface area contributed by atoms with Crippen molar-refractivity contribution in [2.75, 3.05) is 11.9 Å². The van der Waals surface area contributed by atoms with Gasteiger partial charge in [0.05, 0.1) is 6.20 Å². The molecule has 0 saturated heterocycles. The minimum Gasteiger partial charge on any atom is -0.368 e. The molecular weight excluding hydrogens is 206 g/mol. The number of amides is 1. The van der Waals surface area contributed by atoms with E-state index in [1.165, 1.54) is 6.20 Å². The molecule has 0 aliphatic carbocycles. The highest BCUT2D eigenvalue weighted by molar-refractivity contribution is 5.95. The smallest absolute Gasteiger partial charge is 0.271 e. The molecule has 0 saturated carbocycles. The van der Waals surface area contributed by atoms with E-state index in [9.17, 15) is 4.79 Å². The SMILES string of the molecule is CCCCNc1nc(C#N)cnc1C(N)=O. The molecule has 1 heterocycles. The second-order valence-corrected chi connectivity index (χ2v) is 3.21. The van der Waals surface area contributed by atoms with Gasteiger partial charge in [0, 0.05) is 6.54 Å². The van der Waals surface area contributed by atoms with Crippen LogP contribution in [0.5, 0.6) is 0 Å². The molecule has 0 radical (unpaired) electrons. The standard InChI is InChI=1S/C10H13N5O/c1-2-3-4-13-10-8(9(12)16)14-6-7(5-11)15-10/h6H,2-4H2,1H3,(H2,12,16)(H,13,15). The van der Waals surface area contributed by atoms with Crippen molar-refractivity contribution in [3.63, 3.8) is 0 Å². The summed E-state index contributed by atoms with van der Waals surface area (Å²) in [6.45, 7) is 2.72. The number of nitriles is 1. The molecule has 0 aromatic carbocycles. The first-order chi connectivity index (χ1) is 7.69. The van der Waals surface area contributed by atoms with E-state index in [2.05, 4.69) is 15.3 Å². The molecular formula is C10H13N5O. The van der Waals surface area contributed by atoms with Gasteiger partial charge in [-0.05, 0) is 6.42 Å². The van der Waals surface area contributed by atoms with Crippen LogP contribution in [0, 0.1) is 11.3 Å². The molecule has 0 aliphatic heterocycles. The molecule has 0 atom stereocenters. The normalized spacial score (nSPS) is 9.50. The molecule has 0 unspecified atom stereocenters. The van der Waals surface area contributed by atoms with Crippen molar-refractivity contribution in [1.29, 1.82) is 5.26 Å². The average Bonchev–Trinajstić information content (AvgIpc) is 2.29. The maximum Gasteiger partial charge on any atom is 0.271 e. The van der Waals surface area contributed by atoms with E-state index >= 15 is 0 Å². The third-order valence-electron chi connectivity index (χ3n) is 1.94. The van der Waals surface area contributed by atoms with Crippen LogP contribution in [0.1, 0.15) is 35.9 Å². The number of aromatic nitrogens is 2. The molecule has 1 aromatic heterocycles. The van der Waals surface area contributed by atoms with Crippen LogP contribution in [0.25, 0.3) is 0 Å². The number of nitrogens with one attached hydrogen (secondary N) is 1. The Hall–Kier alpha value is -2.16. The zero-order chi connectivity index (χ0) is 12.0. The van der Waals surface area contributed by atoms with Gasteiger partial charge in [0.15, 0.2) is 17.2 Å². The minimum atomic E-state index is -0.656. The van der Waals surface area contributed by atoms with Crippen LogP contribution >= 0.6 is 0 Å². The topological polar surface area (TPSA) is 105 Å². The molecule has 6 heteroatoms. The van der Waals surface area contributed by atoms with Gasteiger partial charge < -0.3 is 11.1 Å². The molecule has 0 bridgehead atoms. The number of carbonyl (C=O) groups is 1. The Morgan fingerprint density at radius 1 is 1.69 bits per heavy atom. The van der Waals surface area contributed by atoms with E-state index < -0.39 is 5.91 Å². The zero-order valence-electron chi connectivity index (χ0n) is 9.03. The van der Waals surface area contributed by atoms with Crippen LogP contribution in [0.4, 0.5) is 5.82 Å². The van der Waals surface area contributed by atoms with Crippen molar-refractivity contribution < 1.29 is 4.79 Å². The number of unbranched alkanes of at least 4 members (excludes halogenated alkanes) is 1. The van der Waals surface area contributed by atoms with E-state index in [1.54, 1.807) is 0 Å². The number of primary amides is 1. The van der Waals surface area contributed by atoms with E-state index in [-0.39, 0.29) is 17.2 Å². The lowest BCUT2D eigenvalue weighted by Crippen LogP contribution is -2.18. The Labute approximate surface area is 93.5 Å². The first kappa shape index (κ1) is 11.9. The van der Waals surface area contributed by atoms with Crippen LogP contribution in [0.15, 0.2) is 6.20 Å². The summed E-state index contributed by atoms with van der Waals surface area (Å²) in [5, 5.41) is 11.6. The van der Waals surface area contributed by atoms with Gasteiger partial charge >= 0.3 is 0 Å². The number of anilines is 1. The van der Waals surface area contributed by atoms with Crippen molar-refractivity contribution in [3.05, 3.63) is 17.6 Å². The lowest BCUT2D eigenvalue weighted by molar-refractivity contribution is 0.0996. The van der Waals surface area contributed by atoms with Crippen LogP contribution in [-0.2, 0) is 0 Å². The summed E-state index contributed by atoms with van der Waals surface area (Å²) in [7, 11) is 0. The average molecular weight is 219 g/mol. The zero-order valence-corrected chi connectivity index (χ0v) is 9.03. The highest BCUT2D eigenvalue weighted by Crippen LogP contribution is 2.09. The van der Waals surface area contributed by atoms with Gasteiger partial charge in [-0.15, -0.1) is 0 Å². The minimum absolute atomic E-state index is 0.0649. The van der Waals surface area contributed by atoms with Gasteiger partial charge in [-0.25, -0.2) is 9.97 Å². The molecule has 16 heavy (non-hydrogen) atoms. The maximum atomic E-state index is 11.1. The fourth-order valence-corrected chi connectivity index (χ4v) is 1.13. The first-order valence-electron chi connectivity index (χ1n) is 4.99. The second-order valence-electron chi connectivity index (χ2n) is 3.21. The summed E-state index contributed by atoms with van der Waals surface area (Å²) in [5.41, 5.74) is 5.37. The lowest BCUT2D eigenvalue weighted by Gasteiger charge is -2.07. The van der Waals surface area contributed by atoms with Gasteiger partial charge in [0.2, 0.25) is 0 Å². The Balaban J connectivity index is 2.92. The molecule has 1 rings (SSSR count). The van der Waals surface area contributed by atoms with Gasteiger partial charge in [-0.1, -0.05) is 13.3 Å². The second kappa shape index (κ2) is 5.66. The van der Waals surface area contributed by atoms with Crippen LogP contribution in [0.3, 0.4) is 0 Å².